The first-order valence-electron chi connectivity index (χ1n) is 8.39. The van der Waals surface area contributed by atoms with E-state index in [9.17, 15) is 9.59 Å². The van der Waals surface area contributed by atoms with Gasteiger partial charge in [-0.15, -0.1) is 0 Å². The number of halogens is 1. The summed E-state index contributed by atoms with van der Waals surface area (Å²) in [6.07, 6.45) is 1.84. The quantitative estimate of drug-likeness (QED) is 0.738. The zero-order valence-corrected chi connectivity index (χ0v) is 15.5. The van der Waals surface area contributed by atoms with Gasteiger partial charge in [-0.1, -0.05) is 41.9 Å². The summed E-state index contributed by atoms with van der Waals surface area (Å²) in [7, 11) is 1.62. The van der Waals surface area contributed by atoms with Crippen LogP contribution < -0.4 is 5.32 Å². The monoisotopic (exact) mass is 369 g/mol. The van der Waals surface area contributed by atoms with Crippen molar-refractivity contribution in [1.82, 2.24) is 9.47 Å². The predicted octanol–water partition coefficient (Wildman–Crippen LogP) is 4.03. The fraction of sp³-hybridized carbons (Fsp3) is 0.200. The van der Waals surface area contributed by atoms with Gasteiger partial charge in [0.1, 0.15) is 0 Å². The Kier molecular flexibility index (Phi) is 5.28. The van der Waals surface area contributed by atoms with Gasteiger partial charge in [-0.25, -0.2) is 0 Å². The number of carbonyl (C=O) groups excluding carboxylic acids is 2. The number of hydrogen-bond donors (Lipinski definition) is 1. The SMILES string of the molecule is CCn1cc(C(=O)N(C)CC(=O)Nc2ccccc2Cl)c2ccccc21. The van der Waals surface area contributed by atoms with Gasteiger partial charge in [-0.3, -0.25) is 9.59 Å². The molecule has 134 valence electrons. The van der Waals surface area contributed by atoms with E-state index in [0.29, 0.717) is 16.3 Å². The van der Waals surface area contributed by atoms with Gasteiger partial charge in [0.25, 0.3) is 5.91 Å². The molecule has 0 aliphatic rings. The van der Waals surface area contributed by atoms with Gasteiger partial charge in [0.2, 0.25) is 5.91 Å². The summed E-state index contributed by atoms with van der Waals surface area (Å²) in [6, 6.07) is 14.8. The third kappa shape index (κ3) is 3.58. The highest BCUT2D eigenvalue weighted by Crippen LogP contribution is 2.23. The van der Waals surface area contributed by atoms with Crippen LogP contribution in [0.1, 0.15) is 17.3 Å². The lowest BCUT2D eigenvalue weighted by Crippen LogP contribution is -2.34. The van der Waals surface area contributed by atoms with Crippen LogP contribution in [-0.2, 0) is 11.3 Å². The van der Waals surface area contributed by atoms with Gasteiger partial charge in [-0.05, 0) is 25.1 Å². The summed E-state index contributed by atoms with van der Waals surface area (Å²) < 4.78 is 2.03. The molecule has 0 spiro atoms. The molecular formula is C20H20ClN3O2. The van der Waals surface area contributed by atoms with Crippen LogP contribution in [0.15, 0.2) is 54.7 Å². The van der Waals surface area contributed by atoms with Crippen LogP contribution in [0, 0.1) is 0 Å². The molecule has 0 saturated carbocycles. The Labute approximate surface area is 157 Å². The van der Waals surface area contributed by atoms with Crippen LogP contribution in [0.4, 0.5) is 5.69 Å². The van der Waals surface area contributed by atoms with E-state index in [4.69, 9.17) is 11.6 Å². The number of fused-ring (bicyclic) bond motifs is 1. The molecule has 0 bridgehead atoms. The molecule has 3 rings (SSSR count). The second kappa shape index (κ2) is 7.62. The fourth-order valence-corrected chi connectivity index (χ4v) is 3.11. The molecule has 26 heavy (non-hydrogen) atoms. The Morgan fingerprint density at radius 1 is 1.12 bits per heavy atom. The average molecular weight is 370 g/mol. The third-order valence-electron chi connectivity index (χ3n) is 4.24. The van der Waals surface area contributed by atoms with E-state index in [1.807, 2.05) is 42.0 Å². The number of rotatable bonds is 5. The number of hydrogen-bond acceptors (Lipinski definition) is 2. The maximum atomic E-state index is 12.8. The molecule has 0 atom stereocenters. The maximum Gasteiger partial charge on any atom is 0.256 e. The van der Waals surface area contributed by atoms with Crippen LogP contribution in [-0.4, -0.2) is 34.9 Å². The van der Waals surface area contributed by atoms with Gasteiger partial charge in [0, 0.05) is 30.7 Å². The van der Waals surface area contributed by atoms with Gasteiger partial charge < -0.3 is 14.8 Å². The number of nitrogens with one attached hydrogen (secondary N) is 1. The Bertz CT molecular complexity index is 965. The molecule has 0 aliphatic heterocycles. The summed E-state index contributed by atoms with van der Waals surface area (Å²) >= 11 is 6.05. The van der Waals surface area contributed by atoms with Crippen molar-refractivity contribution in [2.75, 3.05) is 18.9 Å². The Balaban J connectivity index is 1.76. The van der Waals surface area contributed by atoms with Crippen molar-refractivity contribution in [3.8, 4) is 0 Å². The maximum absolute atomic E-state index is 12.8. The molecule has 0 aliphatic carbocycles. The van der Waals surface area contributed by atoms with Gasteiger partial charge >= 0.3 is 0 Å². The van der Waals surface area contributed by atoms with Gasteiger partial charge in [0.15, 0.2) is 0 Å². The van der Waals surface area contributed by atoms with Crippen molar-refractivity contribution >= 4 is 40.0 Å². The summed E-state index contributed by atoms with van der Waals surface area (Å²) in [5.41, 5.74) is 2.13. The fourth-order valence-electron chi connectivity index (χ4n) is 2.92. The first-order valence-corrected chi connectivity index (χ1v) is 8.76. The number of aryl methyl sites for hydroxylation is 1. The average Bonchev–Trinajstić information content (AvgIpc) is 3.01. The highest BCUT2D eigenvalue weighted by Gasteiger charge is 2.20. The van der Waals surface area contributed by atoms with Crippen LogP contribution in [0.2, 0.25) is 5.02 Å². The molecule has 2 aromatic carbocycles. The third-order valence-corrected chi connectivity index (χ3v) is 4.56. The molecule has 1 N–H and O–H groups in total. The first-order chi connectivity index (χ1) is 12.5. The van der Waals surface area contributed by atoms with E-state index in [2.05, 4.69) is 5.32 Å². The normalized spacial score (nSPS) is 10.7. The van der Waals surface area contributed by atoms with E-state index in [1.165, 1.54) is 4.90 Å². The topological polar surface area (TPSA) is 54.3 Å². The summed E-state index contributed by atoms with van der Waals surface area (Å²) in [5, 5.41) is 4.08. The summed E-state index contributed by atoms with van der Waals surface area (Å²) in [4.78, 5) is 26.5. The van der Waals surface area contributed by atoms with Crippen LogP contribution >= 0.6 is 11.6 Å². The van der Waals surface area contributed by atoms with E-state index in [1.54, 1.807) is 31.3 Å². The standard InChI is InChI=1S/C20H20ClN3O2/c1-3-24-12-15(14-8-4-7-11-18(14)24)20(26)23(2)13-19(25)22-17-10-6-5-9-16(17)21/h4-12H,3,13H2,1-2H3,(H,22,25). The van der Waals surface area contributed by atoms with Crippen molar-refractivity contribution in [3.05, 3.63) is 65.3 Å². The van der Waals surface area contributed by atoms with Crippen molar-refractivity contribution in [1.29, 1.82) is 0 Å². The minimum atomic E-state index is -0.298. The predicted molar refractivity (Wildman–Crippen MR) is 105 cm³/mol. The van der Waals surface area contributed by atoms with E-state index < -0.39 is 0 Å². The number of para-hydroxylation sites is 2. The second-order valence-corrected chi connectivity index (χ2v) is 6.44. The molecule has 3 aromatic rings. The van der Waals surface area contributed by atoms with Crippen molar-refractivity contribution in [3.63, 3.8) is 0 Å². The molecular weight excluding hydrogens is 350 g/mol. The molecule has 0 saturated heterocycles. The summed E-state index contributed by atoms with van der Waals surface area (Å²) in [6.45, 7) is 2.74. The van der Waals surface area contributed by atoms with Crippen LogP contribution in [0.3, 0.4) is 0 Å². The zero-order valence-electron chi connectivity index (χ0n) is 14.7. The molecule has 1 heterocycles. The van der Waals surface area contributed by atoms with E-state index in [-0.39, 0.29) is 18.4 Å². The lowest BCUT2D eigenvalue weighted by Gasteiger charge is -2.17. The van der Waals surface area contributed by atoms with Crippen molar-refractivity contribution < 1.29 is 9.59 Å². The number of likely N-dealkylation sites (N-methyl/N-ethyl adjacent to an activating group) is 1. The molecule has 0 unspecified atom stereocenters. The Morgan fingerprint density at radius 3 is 2.54 bits per heavy atom. The zero-order chi connectivity index (χ0) is 18.7. The smallest absolute Gasteiger partial charge is 0.256 e. The first kappa shape index (κ1) is 18.0. The molecule has 0 radical (unpaired) electrons. The lowest BCUT2D eigenvalue weighted by molar-refractivity contribution is -0.116. The van der Waals surface area contributed by atoms with Crippen LogP contribution in [0.25, 0.3) is 10.9 Å². The highest BCUT2D eigenvalue weighted by atomic mass is 35.5. The molecule has 2 amide bonds. The number of carbonyl (C=O) groups is 2. The van der Waals surface area contributed by atoms with Gasteiger partial charge in [-0.2, -0.15) is 0 Å². The number of anilines is 1. The van der Waals surface area contributed by atoms with Crippen molar-refractivity contribution in [2.45, 2.75) is 13.5 Å². The van der Waals surface area contributed by atoms with Crippen molar-refractivity contribution in [2.24, 2.45) is 0 Å². The minimum absolute atomic E-state index is 0.0598. The number of aromatic nitrogens is 1. The Hall–Kier alpha value is -2.79. The molecule has 5 nitrogen and oxygen atoms in total. The van der Waals surface area contributed by atoms with E-state index in [0.717, 1.165) is 17.4 Å². The number of amides is 2. The highest BCUT2D eigenvalue weighted by molar-refractivity contribution is 6.33. The largest absolute Gasteiger partial charge is 0.347 e. The number of nitrogens with zero attached hydrogens (tertiary/aromatic N) is 2. The molecule has 0 fully saturated rings. The van der Waals surface area contributed by atoms with Gasteiger partial charge in [0.05, 0.1) is 22.8 Å². The van der Waals surface area contributed by atoms with E-state index >= 15 is 0 Å². The van der Waals surface area contributed by atoms with Crippen LogP contribution in [0.5, 0.6) is 0 Å². The second-order valence-electron chi connectivity index (χ2n) is 6.04. The summed E-state index contributed by atoms with van der Waals surface area (Å²) in [5.74, 6) is -0.490. The Morgan fingerprint density at radius 2 is 1.81 bits per heavy atom. The lowest BCUT2D eigenvalue weighted by atomic mass is 10.1. The number of benzene rings is 2. The minimum Gasteiger partial charge on any atom is -0.347 e. The molecule has 6 heteroatoms. The molecule has 1 aromatic heterocycles.